The molecule has 0 unspecified atom stereocenters. The molecule has 96 valence electrons. The molecule has 0 aliphatic heterocycles. The molecular weight excluding hydrogens is 294 g/mol. The number of benzene rings is 1. The van der Waals surface area contributed by atoms with Crippen molar-refractivity contribution in [3.05, 3.63) is 34.3 Å². The number of ketones is 1. The Hall–Kier alpha value is -1.16. The molecule has 0 heterocycles. The third-order valence-corrected chi connectivity index (χ3v) is 3.78. The molecule has 3 nitrogen and oxygen atoms in total. The van der Waals surface area contributed by atoms with Crippen LogP contribution in [0.25, 0.3) is 0 Å². The maximum Gasteiger partial charge on any atom is 0.230 e. The summed E-state index contributed by atoms with van der Waals surface area (Å²) in [6.45, 7) is 2.04. The van der Waals surface area contributed by atoms with Crippen LogP contribution < -0.4 is 0 Å². The normalized spacial score (nSPS) is 14.3. The number of halogens is 1. The lowest BCUT2D eigenvalue weighted by Crippen LogP contribution is -2.33. The zero-order valence-corrected chi connectivity index (χ0v) is 11.9. The molecule has 1 amide bonds. The first-order valence-corrected chi connectivity index (χ1v) is 6.89. The molecule has 1 aromatic carbocycles. The Morgan fingerprint density at radius 1 is 1.33 bits per heavy atom. The molecule has 0 atom stereocenters. The summed E-state index contributed by atoms with van der Waals surface area (Å²) >= 11 is 3.49. The Morgan fingerprint density at radius 2 is 2.00 bits per heavy atom. The van der Waals surface area contributed by atoms with Crippen molar-refractivity contribution in [1.82, 2.24) is 4.90 Å². The van der Waals surface area contributed by atoms with E-state index >= 15 is 0 Å². The fourth-order valence-electron chi connectivity index (χ4n) is 1.93. The van der Waals surface area contributed by atoms with Gasteiger partial charge in [0.25, 0.3) is 0 Å². The summed E-state index contributed by atoms with van der Waals surface area (Å²) in [4.78, 5) is 24.9. The van der Waals surface area contributed by atoms with E-state index in [1.165, 1.54) is 6.92 Å². The molecule has 0 saturated heterocycles. The quantitative estimate of drug-likeness (QED) is 0.784. The van der Waals surface area contributed by atoms with E-state index in [0.29, 0.717) is 12.6 Å². The summed E-state index contributed by atoms with van der Waals surface area (Å²) < 4.78 is 1.01. The summed E-state index contributed by atoms with van der Waals surface area (Å²) in [6, 6.07) is 8.20. The molecule has 1 saturated carbocycles. The Labute approximate surface area is 115 Å². The number of carbonyl (C=O) groups excluding carboxylic acids is 2. The molecule has 1 aliphatic rings. The summed E-state index contributed by atoms with van der Waals surface area (Å²) in [6.07, 6.45) is 2.11. The first kappa shape index (κ1) is 13.3. The van der Waals surface area contributed by atoms with Crippen molar-refractivity contribution in [3.63, 3.8) is 0 Å². The van der Waals surface area contributed by atoms with E-state index in [2.05, 4.69) is 15.9 Å². The molecule has 0 spiro atoms. The van der Waals surface area contributed by atoms with E-state index in [1.54, 1.807) is 0 Å². The third-order valence-electron chi connectivity index (χ3n) is 3.01. The average Bonchev–Trinajstić information content (AvgIpc) is 3.11. The highest BCUT2D eigenvalue weighted by atomic mass is 79.9. The van der Waals surface area contributed by atoms with Crippen LogP contribution in [0, 0.1) is 0 Å². The molecule has 1 aliphatic carbocycles. The fourth-order valence-corrected chi connectivity index (χ4v) is 2.34. The number of hydrogen-bond acceptors (Lipinski definition) is 2. The van der Waals surface area contributed by atoms with Gasteiger partial charge in [0.1, 0.15) is 5.78 Å². The van der Waals surface area contributed by atoms with E-state index in [0.717, 1.165) is 22.9 Å². The minimum atomic E-state index is -0.0715. The first-order valence-electron chi connectivity index (χ1n) is 6.10. The van der Waals surface area contributed by atoms with Crippen LogP contribution in [0.1, 0.15) is 31.7 Å². The Morgan fingerprint density at radius 3 is 2.56 bits per heavy atom. The molecule has 2 rings (SSSR count). The van der Waals surface area contributed by atoms with Gasteiger partial charge in [-0.3, -0.25) is 9.59 Å². The second kappa shape index (κ2) is 5.65. The van der Waals surface area contributed by atoms with Crippen molar-refractivity contribution in [2.75, 3.05) is 0 Å². The van der Waals surface area contributed by atoms with Crippen molar-refractivity contribution < 1.29 is 9.59 Å². The maximum absolute atomic E-state index is 12.0. The Balaban J connectivity index is 2.09. The van der Waals surface area contributed by atoms with Crippen LogP contribution in [-0.4, -0.2) is 22.6 Å². The van der Waals surface area contributed by atoms with Crippen LogP contribution in [0.3, 0.4) is 0 Å². The minimum Gasteiger partial charge on any atom is -0.335 e. The monoisotopic (exact) mass is 309 g/mol. The first-order chi connectivity index (χ1) is 8.58. The average molecular weight is 310 g/mol. The minimum absolute atomic E-state index is 0.0148. The number of amides is 1. The fraction of sp³-hybridized carbons (Fsp3) is 0.429. The summed E-state index contributed by atoms with van der Waals surface area (Å²) in [5, 5.41) is 0. The highest BCUT2D eigenvalue weighted by molar-refractivity contribution is 9.10. The predicted octanol–water partition coefficient (Wildman–Crippen LogP) is 2.92. The van der Waals surface area contributed by atoms with Gasteiger partial charge in [0.15, 0.2) is 0 Å². The van der Waals surface area contributed by atoms with Gasteiger partial charge in [0, 0.05) is 17.1 Å². The second-order valence-corrected chi connectivity index (χ2v) is 5.58. The van der Waals surface area contributed by atoms with Gasteiger partial charge in [-0.1, -0.05) is 34.1 Å². The van der Waals surface area contributed by atoms with Crippen LogP contribution >= 0.6 is 15.9 Å². The number of nitrogens with zero attached hydrogens (tertiary/aromatic N) is 1. The molecule has 18 heavy (non-hydrogen) atoms. The standard InChI is InChI=1S/C14H16BrNO2/c1-10(17)8-14(18)16(12-6-7-12)9-11-4-2-3-5-13(11)15/h2-5,12H,6-9H2,1H3. The number of carbonyl (C=O) groups is 2. The van der Waals surface area contributed by atoms with Gasteiger partial charge < -0.3 is 4.90 Å². The Kier molecular flexibility index (Phi) is 4.17. The van der Waals surface area contributed by atoms with Crippen molar-refractivity contribution in [1.29, 1.82) is 0 Å². The van der Waals surface area contributed by atoms with E-state index in [-0.39, 0.29) is 18.1 Å². The second-order valence-electron chi connectivity index (χ2n) is 4.72. The van der Waals surface area contributed by atoms with Crippen LogP contribution in [0.2, 0.25) is 0 Å². The van der Waals surface area contributed by atoms with Crippen molar-refractivity contribution >= 4 is 27.6 Å². The van der Waals surface area contributed by atoms with Gasteiger partial charge in [-0.2, -0.15) is 0 Å². The zero-order valence-electron chi connectivity index (χ0n) is 10.4. The van der Waals surface area contributed by atoms with E-state index in [9.17, 15) is 9.59 Å². The van der Waals surface area contributed by atoms with Crippen molar-refractivity contribution in [2.24, 2.45) is 0 Å². The summed E-state index contributed by atoms with van der Waals surface area (Å²) in [5.74, 6) is -0.126. The van der Waals surface area contributed by atoms with Crippen LogP contribution in [-0.2, 0) is 16.1 Å². The molecule has 0 radical (unpaired) electrons. The third kappa shape index (κ3) is 3.42. The van der Waals surface area contributed by atoms with Gasteiger partial charge in [-0.25, -0.2) is 0 Å². The highest BCUT2D eigenvalue weighted by Gasteiger charge is 2.32. The van der Waals surface area contributed by atoms with E-state index in [4.69, 9.17) is 0 Å². The number of hydrogen-bond donors (Lipinski definition) is 0. The molecule has 1 aromatic rings. The van der Waals surface area contributed by atoms with E-state index in [1.807, 2.05) is 29.2 Å². The number of Topliss-reactive ketones (excluding diaryl/α,β-unsaturated/α-hetero) is 1. The molecule has 0 aromatic heterocycles. The molecule has 0 bridgehead atoms. The van der Waals surface area contributed by atoms with E-state index < -0.39 is 0 Å². The number of rotatable bonds is 5. The van der Waals surface area contributed by atoms with Crippen LogP contribution in [0.4, 0.5) is 0 Å². The van der Waals surface area contributed by atoms with Gasteiger partial charge >= 0.3 is 0 Å². The molecule has 4 heteroatoms. The van der Waals surface area contributed by atoms with Gasteiger partial charge in [-0.15, -0.1) is 0 Å². The predicted molar refractivity (Wildman–Crippen MR) is 73.0 cm³/mol. The topological polar surface area (TPSA) is 37.4 Å². The molecular formula is C14H16BrNO2. The van der Waals surface area contributed by atoms with Crippen molar-refractivity contribution in [2.45, 2.75) is 38.8 Å². The van der Waals surface area contributed by atoms with Crippen molar-refractivity contribution in [3.8, 4) is 0 Å². The Bertz CT molecular complexity index is 469. The van der Waals surface area contributed by atoms with Gasteiger partial charge in [0.05, 0.1) is 6.42 Å². The maximum atomic E-state index is 12.0. The SMILES string of the molecule is CC(=O)CC(=O)N(Cc1ccccc1Br)C1CC1. The lowest BCUT2D eigenvalue weighted by molar-refractivity contribution is -0.135. The van der Waals surface area contributed by atoms with Gasteiger partial charge in [-0.05, 0) is 31.4 Å². The van der Waals surface area contributed by atoms with Crippen LogP contribution in [0.15, 0.2) is 28.7 Å². The molecule has 0 N–H and O–H groups in total. The largest absolute Gasteiger partial charge is 0.335 e. The summed E-state index contributed by atoms with van der Waals surface area (Å²) in [7, 11) is 0. The lowest BCUT2D eigenvalue weighted by atomic mass is 10.2. The zero-order chi connectivity index (χ0) is 13.1. The smallest absolute Gasteiger partial charge is 0.230 e. The molecule has 1 fully saturated rings. The van der Waals surface area contributed by atoms with Crippen LogP contribution in [0.5, 0.6) is 0 Å². The highest BCUT2D eigenvalue weighted by Crippen LogP contribution is 2.30. The lowest BCUT2D eigenvalue weighted by Gasteiger charge is -2.22. The van der Waals surface area contributed by atoms with Gasteiger partial charge in [0.2, 0.25) is 5.91 Å². The summed E-state index contributed by atoms with van der Waals surface area (Å²) in [5.41, 5.74) is 1.08.